The van der Waals surface area contributed by atoms with Crippen molar-refractivity contribution in [3.63, 3.8) is 0 Å². The number of methoxy groups -OCH3 is 1. The fourth-order valence-corrected chi connectivity index (χ4v) is 4.01. The highest BCUT2D eigenvalue weighted by atomic mass is 127. The number of aliphatic imine (C=N–C) groups is 1. The first-order valence-electron chi connectivity index (χ1n) is 9.37. The molecule has 0 atom stereocenters. The molecule has 3 aromatic rings. The van der Waals surface area contributed by atoms with Crippen LogP contribution in [0, 0.1) is 3.57 Å². The zero-order valence-electron chi connectivity index (χ0n) is 16.5. The molecule has 156 valence electrons. The van der Waals surface area contributed by atoms with E-state index in [1.54, 1.807) is 43.5 Å². The average molecular weight is 546 g/mol. The summed E-state index contributed by atoms with van der Waals surface area (Å²) in [5.41, 5.74) is 2.55. The smallest absolute Gasteiger partial charge is 0.363 e. The Balaban J connectivity index is 1.61. The van der Waals surface area contributed by atoms with E-state index >= 15 is 0 Å². The Morgan fingerprint density at radius 3 is 2.58 bits per heavy atom. The van der Waals surface area contributed by atoms with E-state index in [1.165, 1.54) is 0 Å². The summed E-state index contributed by atoms with van der Waals surface area (Å²) in [7, 11) is 1.58. The topological polar surface area (TPSA) is 57.1 Å². The second kappa shape index (κ2) is 9.53. The van der Waals surface area contributed by atoms with Gasteiger partial charge in [-0.2, -0.15) is 0 Å². The number of carbonyl (C=O) groups is 1. The number of cyclic esters (lactones) is 1. The fraction of sp³-hybridized carbons (Fsp3) is 0.0833. The van der Waals surface area contributed by atoms with Crippen molar-refractivity contribution in [1.29, 1.82) is 0 Å². The van der Waals surface area contributed by atoms with Crippen LogP contribution in [0.2, 0.25) is 5.02 Å². The average Bonchev–Trinajstić information content (AvgIpc) is 3.13. The SMILES string of the molecule is COc1cc(/C=C2\N=C(c3ccccc3Cl)OC2=O)cc(I)c1OCc1ccccc1. The standard InChI is InChI=1S/C24H17ClINO4/c1-29-21-13-16(11-19(26)22(21)30-14-15-7-3-2-4-8-15)12-20-24(28)31-23(27-20)17-9-5-6-10-18(17)25/h2-13H,14H2,1H3/b20-12-. The normalized spacial score (nSPS) is 14.4. The summed E-state index contributed by atoms with van der Waals surface area (Å²) in [6.07, 6.45) is 1.65. The molecule has 0 aromatic heterocycles. The maximum Gasteiger partial charge on any atom is 0.363 e. The minimum atomic E-state index is -0.534. The van der Waals surface area contributed by atoms with E-state index in [0.717, 1.165) is 14.7 Å². The van der Waals surface area contributed by atoms with Crippen LogP contribution in [0.25, 0.3) is 6.08 Å². The largest absolute Gasteiger partial charge is 0.493 e. The molecule has 0 amide bonds. The van der Waals surface area contributed by atoms with Gasteiger partial charge in [0.2, 0.25) is 5.90 Å². The third-order valence-corrected chi connectivity index (χ3v) is 5.64. The predicted octanol–water partition coefficient (Wildman–Crippen LogP) is 5.88. The molecule has 4 rings (SSSR count). The minimum Gasteiger partial charge on any atom is -0.493 e. The van der Waals surface area contributed by atoms with Gasteiger partial charge in [0.15, 0.2) is 17.2 Å². The summed E-state index contributed by atoms with van der Waals surface area (Å²) in [4.78, 5) is 16.7. The van der Waals surface area contributed by atoms with Crippen LogP contribution in [-0.2, 0) is 16.1 Å². The number of benzene rings is 3. The lowest BCUT2D eigenvalue weighted by Crippen LogP contribution is -2.05. The van der Waals surface area contributed by atoms with E-state index < -0.39 is 5.97 Å². The second-order valence-corrected chi connectivity index (χ2v) is 8.19. The monoisotopic (exact) mass is 545 g/mol. The second-order valence-electron chi connectivity index (χ2n) is 6.62. The van der Waals surface area contributed by atoms with Crippen LogP contribution >= 0.6 is 34.2 Å². The van der Waals surface area contributed by atoms with Gasteiger partial charge in [-0.3, -0.25) is 0 Å². The highest BCUT2D eigenvalue weighted by Crippen LogP contribution is 2.35. The van der Waals surface area contributed by atoms with Crippen LogP contribution in [0.5, 0.6) is 11.5 Å². The molecule has 0 radical (unpaired) electrons. The summed E-state index contributed by atoms with van der Waals surface area (Å²) < 4.78 is 17.7. The molecular formula is C24H17ClINO4. The van der Waals surface area contributed by atoms with Gasteiger partial charge in [-0.1, -0.05) is 54.1 Å². The predicted molar refractivity (Wildman–Crippen MR) is 129 cm³/mol. The van der Waals surface area contributed by atoms with Crippen molar-refractivity contribution in [3.8, 4) is 11.5 Å². The zero-order chi connectivity index (χ0) is 21.8. The van der Waals surface area contributed by atoms with E-state index in [0.29, 0.717) is 28.7 Å². The Hall–Kier alpha value is -2.84. The molecule has 0 aliphatic carbocycles. The maximum absolute atomic E-state index is 12.3. The van der Waals surface area contributed by atoms with Crippen LogP contribution in [-0.4, -0.2) is 19.0 Å². The number of ether oxygens (including phenoxy) is 3. The molecule has 1 aliphatic heterocycles. The quantitative estimate of drug-likeness (QED) is 0.221. The number of hydrogen-bond acceptors (Lipinski definition) is 5. The number of hydrogen-bond donors (Lipinski definition) is 0. The number of halogens is 2. The first kappa shape index (κ1) is 21.4. The van der Waals surface area contributed by atoms with E-state index in [2.05, 4.69) is 27.6 Å². The summed E-state index contributed by atoms with van der Waals surface area (Å²) >= 11 is 8.37. The van der Waals surface area contributed by atoms with Gasteiger partial charge < -0.3 is 14.2 Å². The number of carbonyl (C=O) groups excluding carboxylic acids is 1. The Bertz CT molecular complexity index is 1190. The van der Waals surface area contributed by atoms with Crippen LogP contribution in [0.4, 0.5) is 0 Å². The highest BCUT2D eigenvalue weighted by molar-refractivity contribution is 14.1. The summed E-state index contributed by atoms with van der Waals surface area (Å²) in [6, 6.07) is 20.7. The van der Waals surface area contributed by atoms with Crippen molar-refractivity contribution < 1.29 is 19.0 Å². The molecule has 0 fully saturated rings. The summed E-state index contributed by atoms with van der Waals surface area (Å²) in [6.45, 7) is 0.422. The summed E-state index contributed by atoms with van der Waals surface area (Å²) in [5, 5.41) is 0.464. The van der Waals surface area contributed by atoms with Crippen LogP contribution in [0.15, 0.2) is 77.4 Å². The van der Waals surface area contributed by atoms with Crippen LogP contribution in [0.3, 0.4) is 0 Å². The van der Waals surface area contributed by atoms with Gasteiger partial charge >= 0.3 is 5.97 Å². The number of rotatable bonds is 6. The molecule has 1 aliphatic rings. The molecule has 5 nitrogen and oxygen atoms in total. The molecule has 3 aromatic carbocycles. The molecule has 0 bridgehead atoms. The molecule has 0 spiro atoms. The van der Waals surface area contributed by atoms with E-state index in [4.69, 9.17) is 25.8 Å². The fourth-order valence-electron chi connectivity index (χ4n) is 3.01. The van der Waals surface area contributed by atoms with Gasteiger partial charge in [0.25, 0.3) is 0 Å². The summed E-state index contributed by atoms with van der Waals surface area (Å²) in [5.74, 6) is 0.860. The third kappa shape index (κ3) is 4.91. The van der Waals surface area contributed by atoms with Crippen LogP contribution < -0.4 is 9.47 Å². The lowest BCUT2D eigenvalue weighted by Gasteiger charge is -2.13. The third-order valence-electron chi connectivity index (χ3n) is 4.51. The van der Waals surface area contributed by atoms with Gasteiger partial charge in [-0.25, -0.2) is 9.79 Å². The van der Waals surface area contributed by atoms with Gasteiger partial charge in [0.05, 0.1) is 21.3 Å². The van der Waals surface area contributed by atoms with Gasteiger partial charge in [0, 0.05) is 0 Å². The van der Waals surface area contributed by atoms with E-state index in [-0.39, 0.29) is 11.6 Å². The first-order chi connectivity index (χ1) is 15.0. The van der Waals surface area contributed by atoms with Gasteiger partial charge in [-0.05, 0) is 64.1 Å². The van der Waals surface area contributed by atoms with Crippen molar-refractivity contribution in [3.05, 3.63) is 97.7 Å². The van der Waals surface area contributed by atoms with Crippen molar-refractivity contribution in [2.45, 2.75) is 6.61 Å². The number of nitrogens with zero attached hydrogens (tertiary/aromatic N) is 1. The molecule has 1 heterocycles. The van der Waals surface area contributed by atoms with Crippen molar-refractivity contribution in [2.75, 3.05) is 7.11 Å². The Labute approximate surface area is 198 Å². The Morgan fingerprint density at radius 2 is 1.84 bits per heavy atom. The lowest BCUT2D eigenvalue weighted by atomic mass is 10.1. The Morgan fingerprint density at radius 1 is 1.10 bits per heavy atom. The first-order valence-corrected chi connectivity index (χ1v) is 10.8. The molecule has 0 saturated heterocycles. The van der Waals surface area contributed by atoms with Crippen molar-refractivity contribution in [2.24, 2.45) is 4.99 Å². The maximum atomic E-state index is 12.3. The molecule has 31 heavy (non-hydrogen) atoms. The van der Waals surface area contributed by atoms with Gasteiger partial charge in [0.1, 0.15) is 6.61 Å². The molecule has 7 heteroatoms. The minimum absolute atomic E-state index is 0.186. The van der Waals surface area contributed by atoms with Crippen molar-refractivity contribution in [1.82, 2.24) is 0 Å². The highest BCUT2D eigenvalue weighted by Gasteiger charge is 2.25. The molecule has 0 unspecified atom stereocenters. The lowest BCUT2D eigenvalue weighted by molar-refractivity contribution is -0.129. The molecule has 0 saturated carbocycles. The van der Waals surface area contributed by atoms with E-state index in [1.807, 2.05) is 36.4 Å². The molecular weight excluding hydrogens is 529 g/mol. The zero-order valence-corrected chi connectivity index (χ0v) is 19.4. The number of esters is 1. The Kier molecular flexibility index (Phi) is 6.58. The van der Waals surface area contributed by atoms with Crippen LogP contribution in [0.1, 0.15) is 16.7 Å². The van der Waals surface area contributed by atoms with Crippen molar-refractivity contribution >= 4 is 52.1 Å². The van der Waals surface area contributed by atoms with Gasteiger partial charge in [-0.15, -0.1) is 0 Å². The molecule has 0 N–H and O–H groups in total. The van der Waals surface area contributed by atoms with E-state index in [9.17, 15) is 4.79 Å².